The molecule has 0 radical (unpaired) electrons. The van der Waals surface area contributed by atoms with Gasteiger partial charge in [-0.1, -0.05) is 0 Å². The summed E-state index contributed by atoms with van der Waals surface area (Å²) in [5.41, 5.74) is 0. The lowest BCUT2D eigenvalue weighted by Gasteiger charge is -2.37. The molecule has 3 fully saturated rings. The van der Waals surface area contributed by atoms with Crippen LogP contribution in [-0.2, 0) is 19.0 Å². The highest BCUT2D eigenvalue weighted by Crippen LogP contribution is 2.24. The van der Waals surface area contributed by atoms with Crippen LogP contribution in [0, 0.1) is 11.8 Å². The third-order valence-electron chi connectivity index (χ3n) is 6.13. The second-order valence-corrected chi connectivity index (χ2v) is 8.04. The molecule has 0 bridgehead atoms. The Kier molecular flexibility index (Phi) is 8.17. The number of carbonyl (C=O) groups excluding carboxylic acids is 1. The third-order valence-corrected chi connectivity index (χ3v) is 6.13. The summed E-state index contributed by atoms with van der Waals surface area (Å²) in [5, 5.41) is 0. The molecule has 3 heterocycles. The van der Waals surface area contributed by atoms with Gasteiger partial charge in [-0.15, -0.1) is 0 Å². The van der Waals surface area contributed by atoms with E-state index in [1.807, 2.05) is 0 Å². The summed E-state index contributed by atoms with van der Waals surface area (Å²) < 4.78 is 16.5. The van der Waals surface area contributed by atoms with Gasteiger partial charge in [0.2, 0.25) is 5.91 Å². The normalized spacial score (nSPS) is 26.3. The number of hydrogen-bond donors (Lipinski definition) is 0. The van der Waals surface area contributed by atoms with Gasteiger partial charge in [-0.3, -0.25) is 4.79 Å². The van der Waals surface area contributed by atoms with Crippen molar-refractivity contribution in [1.82, 2.24) is 9.80 Å². The second kappa shape index (κ2) is 10.6. The highest BCUT2D eigenvalue weighted by molar-refractivity contribution is 5.79. The lowest BCUT2D eigenvalue weighted by Crippen LogP contribution is -2.46. The number of nitrogens with zero attached hydrogens (tertiary/aromatic N) is 2. The molecule has 0 aliphatic carbocycles. The predicted molar refractivity (Wildman–Crippen MR) is 100 cm³/mol. The van der Waals surface area contributed by atoms with E-state index in [1.54, 1.807) is 7.11 Å². The summed E-state index contributed by atoms with van der Waals surface area (Å²) in [6.45, 7) is 8.03. The van der Waals surface area contributed by atoms with Crippen LogP contribution in [0.15, 0.2) is 0 Å². The minimum atomic E-state index is 0.145. The Labute approximate surface area is 158 Å². The predicted octanol–water partition coefficient (Wildman–Crippen LogP) is 1.78. The van der Waals surface area contributed by atoms with Crippen LogP contribution in [0.1, 0.15) is 38.5 Å². The molecule has 3 aliphatic rings. The number of hydrogen-bond acceptors (Lipinski definition) is 5. The molecule has 6 heteroatoms. The average Bonchev–Trinajstić information content (AvgIpc) is 3.20. The highest BCUT2D eigenvalue weighted by Gasteiger charge is 2.31. The first-order chi connectivity index (χ1) is 12.8. The minimum absolute atomic E-state index is 0.145. The number of ether oxygens (including phenoxy) is 3. The Hall–Kier alpha value is -0.690. The number of methoxy groups -OCH3 is 1. The molecule has 0 spiro atoms. The molecule has 150 valence electrons. The lowest BCUT2D eigenvalue weighted by atomic mass is 9.93. The van der Waals surface area contributed by atoms with E-state index in [9.17, 15) is 4.79 Å². The zero-order valence-corrected chi connectivity index (χ0v) is 16.4. The smallest absolute Gasteiger partial charge is 0.225 e. The number of amides is 1. The zero-order valence-electron chi connectivity index (χ0n) is 16.4. The highest BCUT2D eigenvalue weighted by atomic mass is 16.5. The van der Waals surface area contributed by atoms with Crippen molar-refractivity contribution in [2.45, 2.75) is 44.6 Å². The maximum Gasteiger partial charge on any atom is 0.225 e. The molecule has 1 amide bonds. The van der Waals surface area contributed by atoms with Crippen LogP contribution in [0.2, 0.25) is 0 Å². The van der Waals surface area contributed by atoms with E-state index in [0.717, 1.165) is 84.8 Å². The van der Waals surface area contributed by atoms with Crippen molar-refractivity contribution in [3.05, 3.63) is 0 Å². The van der Waals surface area contributed by atoms with Crippen molar-refractivity contribution < 1.29 is 19.0 Å². The van der Waals surface area contributed by atoms with Crippen molar-refractivity contribution >= 4 is 5.91 Å². The van der Waals surface area contributed by atoms with Gasteiger partial charge in [0.1, 0.15) is 0 Å². The number of carbonyl (C=O) groups is 1. The van der Waals surface area contributed by atoms with E-state index >= 15 is 0 Å². The van der Waals surface area contributed by atoms with Crippen molar-refractivity contribution in [2.24, 2.45) is 11.8 Å². The van der Waals surface area contributed by atoms with Crippen molar-refractivity contribution in [2.75, 3.05) is 66.3 Å². The standard InChI is InChI=1S/C20H36N2O4/c1-24-14-10-21-8-4-17(5-9-21)15-22(16-19-3-2-11-26-19)20(23)18-6-12-25-13-7-18/h17-19H,2-16H2,1H3. The van der Waals surface area contributed by atoms with Gasteiger partial charge in [0, 0.05) is 52.5 Å². The molecule has 0 N–H and O–H groups in total. The Morgan fingerprint density at radius 3 is 2.50 bits per heavy atom. The number of rotatable bonds is 8. The maximum atomic E-state index is 13.2. The molecule has 6 nitrogen and oxygen atoms in total. The first-order valence-electron chi connectivity index (χ1n) is 10.5. The largest absolute Gasteiger partial charge is 0.383 e. The Bertz CT molecular complexity index is 414. The zero-order chi connectivity index (χ0) is 18.2. The summed E-state index contributed by atoms with van der Waals surface area (Å²) in [6.07, 6.45) is 6.54. The topological polar surface area (TPSA) is 51.2 Å². The fourth-order valence-corrected chi connectivity index (χ4v) is 4.42. The lowest BCUT2D eigenvalue weighted by molar-refractivity contribution is -0.141. The molecule has 26 heavy (non-hydrogen) atoms. The fraction of sp³-hybridized carbons (Fsp3) is 0.950. The number of likely N-dealkylation sites (tertiary alicyclic amines) is 1. The van der Waals surface area contributed by atoms with Crippen LogP contribution < -0.4 is 0 Å². The molecule has 3 aliphatic heterocycles. The SMILES string of the molecule is COCCN1CCC(CN(CC2CCCO2)C(=O)C2CCOCC2)CC1. The summed E-state index contributed by atoms with van der Waals surface area (Å²) in [5.74, 6) is 1.09. The van der Waals surface area contributed by atoms with Crippen LogP contribution in [-0.4, -0.2) is 88.1 Å². The second-order valence-electron chi connectivity index (χ2n) is 8.04. The first kappa shape index (κ1) is 20.1. The Morgan fingerprint density at radius 1 is 1.08 bits per heavy atom. The molecule has 3 rings (SSSR count). The maximum absolute atomic E-state index is 13.2. The summed E-state index contributed by atoms with van der Waals surface area (Å²) in [6, 6.07) is 0. The molecule has 0 aromatic heterocycles. The van der Waals surface area contributed by atoms with Crippen LogP contribution in [0.3, 0.4) is 0 Å². The fourth-order valence-electron chi connectivity index (χ4n) is 4.42. The summed E-state index contributed by atoms with van der Waals surface area (Å²) >= 11 is 0. The molecular weight excluding hydrogens is 332 g/mol. The molecule has 0 saturated carbocycles. The van der Waals surface area contributed by atoms with E-state index in [0.29, 0.717) is 11.8 Å². The van der Waals surface area contributed by atoms with Gasteiger partial charge < -0.3 is 24.0 Å². The van der Waals surface area contributed by atoms with Gasteiger partial charge >= 0.3 is 0 Å². The molecule has 3 saturated heterocycles. The van der Waals surface area contributed by atoms with Gasteiger partial charge in [0.15, 0.2) is 0 Å². The van der Waals surface area contributed by atoms with Crippen LogP contribution in [0.25, 0.3) is 0 Å². The summed E-state index contributed by atoms with van der Waals surface area (Å²) in [7, 11) is 1.76. The first-order valence-corrected chi connectivity index (χ1v) is 10.5. The Morgan fingerprint density at radius 2 is 1.85 bits per heavy atom. The van der Waals surface area contributed by atoms with Gasteiger partial charge in [0.05, 0.1) is 12.7 Å². The van der Waals surface area contributed by atoms with Gasteiger partial charge in [-0.05, 0) is 57.5 Å². The van der Waals surface area contributed by atoms with Crippen molar-refractivity contribution in [3.8, 4) is 0 Å². The van der Waals surface area contributed by atoms with E-state index < -0.39 is 0 Å². The third kappa shape index (κ3) is 5.91. The van der Waals surface area contributed by atoms with Gasteiger partial charge in [-0.2, -0.15) is 0 Å². The van der Waals surface area contributed by atoms with Crippen LogP contribution in [0.5, 0.6) is 0 Å². The molecule has 0 aromatic carbocycles. The van der Waals surface area contributed by atoms with Gasteiger partial charge in [-0.25, -0.2) is 0 Å². The van der Waals surface area contributed by atoms with E-state index in [-0.39, 0.29) is 12.0 Å². The van der Waals surface area contributed by atoms with E-state index in [4.69, 9.17) is 14.2 Å². The van der Waals surface area contributed by atoms with Gasteiger partial charge in [0.25, 0.3) is 0 Å². The summed E-state index contributed by atoms with van der Waals surface area (Å²) in [4.78, 5) is 17.8. The monoisotopic (exact) mass is 368 g/mol. The quantitative estimate of drug-likeness (QED) is 0.654. The van der Waals surface area contributed by atoms with E-state index in [2.05, 4.69) is 9.80 Å². The van der Waals surface area contributed by atoms with Crippen molar-refractivity contribution in [3.63, 3.8) is 0 Å². The van der Waals surface area contributed by atoms with E-state index in [1.165, 1.54) is 12.8 Å². The Balaban J connectivity index is 1.52. The van der Waals surface area contributed by atoms with Crippen LogP contribution >= 0.6 is 0 Å². The van der Waals surface area contributed by atoms with Crippen molar-refractivity contribution in [1.29, 1.82) is 0 Å². The molecule has 0 aromatic rings. The molecule has 1 atom stereocenters. The molecular formula is C20H36N2O4. The molecule has 1 unspecified atom stereocenters. The minimum Gasteiger partial charge on any atom is -0.383 e. The van der Waals surface area contributed by atoms with Crippen LogP contribution in [0.4, 0.5) is 0 Å². The number of piperidine rings is 1. The average molecular weight is 369 g/mol.